The maximum Gasteiger partial charge on any atom is 0.201 e. The summed E-state index contributed by atoms with van der Waals surface area (Å²) in [5, 5.41) is 30.0. The van der Waals surface area contributed by atoms with Crippen molar-refractivity contribution in [1.29, 1.82) is 0 Å². The summed E-state index contributed by atoms with van der Waals surface area (Å²) < 4.78 is 6.61. The molecule has 21 heavy (non-hydrogen) atoms. The first-order valence-corrected chi connectivity index (χ1v) is 6.20. The first kappa shape index (κ1) is 13.1. The van der Waals surface area contributed by atoms with Crippen molar-refractivity contribution in [3.63, 3.8) is 0 Å². The largest absolute Gasteiger partial charge is 0.507 e. The lowest BCUT2D eigenvalue weighted by molar-refractivity contribution is 0.406. The molecule has 0 radical (unpaired) electrons. The predicted octanol–water partition coefficient (Wildman–Crippen LogP) is 1.82. The Labute approximate surface area is 119 Å². The van der Waals surface area contributed by atoms with Crippen LogP contribution in [0, 0.1) is 0 Å². The summed E-state index contributed by atoms with van der Waals surface area (Å²) in [6, 6.07) is 5.59. The average Bonchev–Trinajstić information content (AvgIpc) is 2.46. The van der Waals surface area contributed by atoms with E-state index in [0.29, 0.717) is 11.3 Å². The van der Waals surface area contributed by atoms with Gasteiger partial charge in [0.1, 0.15) is 11.5 Å². The van der Waals surface area contributed by atoms with E-state index in [2.05, 4.69) is 0 Å². The SMILES string of the molecule is COc1cc(O)c2c(=O)c3ccc(O)c(O)c3n(C)c2c1. The highest BCUT2D eigenvalue weighted by Gasteiger charge is 2.17. The van der Waals surface area contributed by atoms with Crippen LogP contribution >= 0.6 is 0 Å². The molecule has 0 bridgehead atoms. The number of fused-ring (bicyclic) bond motifs is 2. The van der Waals surface area contributed by atoms with E-state index in [4.69, 9.17) is 4.74 Å². The van der Waals surface area contributed by atoms with Crippen molar-refractivity contribution in [1.82, 2.24) is 4.57 Å². The number of phenolic OH excluding ortho intramolecular Hbond substituents is 3. The van der Waals surface area contributed by atoms with Crippen molar-refractivity contribution >= 4 is 21.8 Å². The molecule has 0 unspecified atom stereocenters. The Hall–Kier alpha value is -2.89. The van der Waals surface area contributed by atoms with Gasteiger partial charge in [0.15, 0.2) is 11.5 Å². The second kappa shape index (κ2) is 4.31. The normalized spacial score (nSPS) is 11.1. The quantitative estimate of drug-likeness (QED) is 0.469. The molecular weight excluding hydrogens is 274 g/mol. The van der Waals surface area contributed by atoms with E-state index < -0.39 is 5.43 Å². The zero-order valence-corrected chi connectivity index (χ0v) is 11.4. The van der Waals surface area contributed by atoms with Gasteiger partial charge >= 0.3 is 0 Å². The molecule has 1 aromatic heterocycles. The number of methoxy groups -OCH3 is 1. The zero-order valence-electron chi connectivity index (χ0n) is 11.4. The molecule has 0 saturated heterocycles. The van der Waals surface area contributed by atoms with Crippen molar-refractivity contribution in [3.05, 3.63) is 34.5 Å². The molecule has 0 atom stereocenters. The number of hydrogen-bond acceptors (Lipinski definition) is 5. The molecule has 0 aliphatic heterocycles. The number of pyridine rings is 1. The van der Waals surface area contributed by atoms with E-state index in [1.165, 1.54) is 29.9 Å². The Bertz CT molecular complexity index is 943. The first-order valence-electron chi connectivity index (χ1n) is 6.20. The number of aromatic hydroxyl groups is 3. The van der Waals surface area contributed by atoms with Crippen molar-refractivity contribution in [2.75, 3.05) is 7.11 Å². The standard InChI is InChI=1S/C15H13NO5/c1-16-9-5-7(21-2)6-11(18)12(9)14(19)8-3-4-10(17)15(20)13(8)16/h3-6,17-18,20H,1-2H3. The average molecular weight is 287 g/mol. The number of aryl methyl sites for hydroxylation is 1. The zero-order chi connectivity index (χ0) is 15.3. The predicted molar refractivity (Wildman–Crippen MR) is 78.2 cm³/mol. The number of phenols is 3. The number of rotatable bonds is 1. The van der Waals surface area contributed by atoms with Crippen molar-refractivity contribution < 1.29 is 20.1 Å². The second-order valence-electron chi connectivity index (χ2n) is 4.76. The van der Waals surface area contributed by atoms with E-state index in [-0.39, 0.29) is 33.5 Å². The van der Waals surface area contributed by atoms with Gasteiger partial charge in [0.05, 0.1) is 28.9 Å². The third-order valence-corrected chi connectivity index (χ3v) is 3.60. The van der Waals surface area contributed by atoms with Gasteiger partial charge in [0, 0.05) is 19.2 Å². The number of benzene rings is 2. The molecule has 3 rings (SSSR count). The van der Waals surface area contributed by atoms with Crippen LogP contribution in [0.2, 0.25) is 0 Å². The number of aromatic nitrogens is 1. The molecule has 3 aromatic rings. The van der Waals surface area contributed by atoms with Gasteiger partial charge in [-0.15, -0.1) is 0 Å². The summed E-state index contributed by atoms with van der Waals surface area (Å²) >= 11 is 0. The van der Waals surface area contributed by atoms with Crippen LogP contribution in [0.4, 0.5) is 0 Å². The van der Waals surface area contributed by atoms with Crippen molar-refractivity contribution in [3.8, 4) is 23.0 Å². The Morgan fingerprint density at radius 2 is 1.81 bits per heavy atom. The Kier molecular flexibility index (Phi) is 2.69. The number of nitrogens with zero attached hydrogens (tertiary/aromatic N) is 1. The Morgan fingerprint density at radius 3 is 2.48 bits per heavy atom. The van der Waals surface area contributed by atoms with Crippen LogP contribution in [0.25, 0.3) is 21.8 Å². The molecule has 3 N–H and O–H groups in total. The summed E-state index contributed by atoms with van der Waals surface area (Å²) in [6.45, 7) is 0. The minimum Gasteiger partial charge on any atom is -0.507 e. The molecule has 0 amide bonds. The highest BCUT2D eigenvalue weighted by Crippen LogP contribution is 2.36. The lowest BCUT2D eigenvalue weighted by Gasteiger charge is -2.14. The fourth-order valence-electron chi connectivity index (χ4n) is 2.55. The van der Waals surface area contributed by atoms with Crippen LogP contribution in [0.15, 0.2) is 29.1 Å². The van der Waals surface area contributed by atoms with Gasteiger partial charge in [-0.3, -0.25) is 4.79 Å². The van der Waals surface area contributed by atoms with Crippen LogP contribution in [0.5, 0.6) is 23.0 Å². The molecule has 0 spiro atoms. The third-order valence-electron chi connectivity index (χ3n) is 3.60. The molecule has 0 fully saturated rings. The molecule has 6 heteroatoms. The highest BCUT2D eigenvalue weighted by molar-refractivity contribution is 5.99. The van der Waals surface area contributed by atoms with Gasteiger partial charge < -0.3 is 24.6 Å². The Morgan fingerprint density at radius 1 is 1.10 bits per heavy atom. The molecule has 0 aliphatic carbocycles. The van der Waals surface area contributed by atoms with Gasteiger partial charge in [0.25, 0.3) is 0 Å². The van der Waals surface area contributed by atoms with E-state index >= 15 is 0 Å². The topological polar surface area (TPSA) is 91.9 Å². The minimum atomic E-state index is -0.423. The molecule has 1 heterocycles. The number of hydrogen-bond donors (Lipinski definition) is 3. The smallest absolute Gasteiger partial charge is 0.201 e. The van der Waals surface area contributed by atoms with Gasteiger partial charge in [-0.05, 0) is 12.1 Å². The van der Waals surface area contributed by atoms with Crippen LogP contribution in [0.1, 0.15) is 0 Å². The lowest BCUT2D eigenvalue weighted by Crippen LogP contribution is -2.09. The van der Waals surface area contributed by atoms with Gasteiger partial charge in [-0.1, -0.05) is 0 Å². The second-order valence-corrected chi connectivity index (χ2v) is 4.76. The fourth-order valence-corrected chi connectivity index (χ4v) is 2.55. The van der Waals surface area contributed by atoms with E-state index in [0.717, 1.165) is 0 Å². The summed E-state index contributed by atoms with van der Waals surface area (Å²) in [6.07, 6.45) is 0. The summed E-state index contributed by atoms with van der Waals surface area (Å²) in [5.74, 6) is -0.506. The van der Waals surface area contributed by atoms with Crippen LogP contribution < -0.4 is 10.2 Å². The minimum absolute atomic E-state index is 0.135. The number of ether oxygens (including phenoxy) is 1. The molecule has 2 aromatic carbocycles. The fraction of sp³-hybridized carbons (Fsp3) is 0.133. The van der Waals surface area contributed by atoms with E-state index in [9.17, 15) is 20.1 Å². The maximum absolute atomic E-state index is 12.5. The molecule has 0 aliphatic rings. The molecular formula is C15H13NO5. The van der Waals surface area contributed by atoms with Gasteiger partial charge in [-0.25, -0.2) is 0 Å². The first-order chi connectivity index (χ1) is 9.95. The molecule has 6 nitrogen and oxygen atoms in total. The Balaban J connectivity index is 2.67. The van der Waals surface area contributed by atoms with Crippen LogP contribution in [-0.2, 0) is 7.05 Å². The highest BCUT2D eigenvalue weighted by atomic mass is 16.5. The lowest BCUT2D eigenvalue weighted by atomic mass is 10.1. The molecule has 108 valence electrons. The van der Waals surface area contributed by atoms with Crippen molar-refractivity contribution in [2.45, 2.75) is 0 Å². The maximum atomic E-state index is 12.5. The van der Waals surface area contributed by atoms with Crippen molar-refractivity contribution in [2.24, 2.45) is 7.05 Å². The third kappa shape index (κ3) is 1.69. The molecule has 0 saturated carbocycles. The van der Waals surface area contributed by atoms with Gasteiger partial charge in [-0.2, -0.15) is 0 Å². The summed E-state index contributed by atoms with van der Waals surface area (Å²) in [4.78, 5) is 12.5. The van der Waals surface area contributed by atoms with E-state index in [1.54, 1.807) is 13.1 Å². The van der Waals surface area contributed by atoms with Crippen LogP contribution in [0.3, 0.4) is 0 Å². The van der Waals surface area contributed by atoms with E-state index in [1.807, 2.05) is 0 Å². The summed E-state index contributed by atoms with van der Waals surface area (Å²) in [7, 11) is 3.07. The monoisotopic (exact) mass is 287 g/mol. The van der Waals surface area contributed by atoms with Gasteiger partial charge in [0.2, 0.25) is 5.43 Å². The van der Waals surface area contributed by atoms with Crippen LogP contribution in [-0.4, -0.2) is 27.0 Å². The summed E-state index contributed by atoms with van der Waals surface area (Å²) in [5.41, 5.74) is 0.166.